The molecule has 1 aromatic carbocycles. The third-order valence-corrected chi connectivity index (χ3v) is 6.36. The molecule has 1 saturated carbocycles. The summed E-state index contributed by atoms with van der Waals surface area (Å²) in [6, 6.07) is 3.67. The Morgan fingerprint density at radius 2 is 1.93 bits per heavy atom. The van der Waals surface area contributed by atoms with Crippen molar-refractivity contribution in [2.24, 2.45) is 0 Å². The first-order valence-electron chi connectivity index (χ1n) is 9.82. The van der Waals surface area contributed by atoms with Crippen molar-refractivity contribution in [2.75, 3.05) is 29.1 Å². The van der Waals surface area contributed by atoms with Crippen LogP contribution in [0.25, 0.3) is 0 Å². The predicted molar refractivity (Wildman–Crippen MR) is 110 cm³/mol. The lowest BCUT2D eigenvalue weighted by molar-refractivity contribution is -0.137. The van der Waals surface area contributed by atoms with E-state index in [1.165, 1.54) is 24.2 Å². The van der Waals surface area contributed by atoms with E-state index in [0.717, 1.165) is 56.9 Å². The Bertz CT molecular complexity index is 925. The lowest BCUT2D eigenvalue weighted by atomic mass is 10.1. The first-order chi connectivity index (χ1) is 14.3. The maximum absolute atomic E-state index is 13.0. The van der Waals surface area contributed by atoms with Crippen LogP contribution in [0, 0.1) is 0 Å². The second-order valence-corrected chi connectivity index (χ2v) is 8.81. The van der Waals surface area contributed by atoms with Crippen molar-refractivity contribution in [3.8, 4) is 0 Å². The molecule has 1 aliphatic heterocycles. The Morgan fingerprint density at radius 3 is 2.60 bits per heavy atom. The second-order valence-electron chi connectivity index (χ2n) is 7.46. The van der Waals surface area contributed by atoms with Gasteiger partial charge in [0.25, 0.3) is 0 Å². The average Bonchev–Trinajstić information content (AvgIpc) is 3.46. The maximum Gasteiger partial charge on any atom is 0.417 e. The number of thioether (sulfide) groups is 1. The molecule has 1 aliphatic carbocycles. The molecule has 2 aliphatic rings. The third kappa shape index (κ3) is 4.85. The third-order valence-electron chi connectivity index (χ3n) is 5.09. The smallest absolute Gasteiger partial charge is 0.341 e. The highest BCUT2D eigenvalue weighted by molar-refractivity contribution is 7.99. The SMILES string of the molecule is O=C(CSc1nnc(N2CCCCC2)n1C1CC1)Nc1ccc(Cl)c(C(F)(F)F)c1. The number of hydrogen-bond donors (Lipinski definition) is 1. The van der Waals surface area contributed by atoms with Crippen molar-refractivity contribution < 1.29 is 18.0 Å². The minimum Gasteiger partial charge on any atom is -0.341 e. The Labute approximate surface area is 181 Å². The number of benzene rings is 1. The Hall–Kier alpha value is -1.94. The molecule has 11 heteroatoms. The van der Waals surface area contributed by atoms with Crippen molar-refractivity contribution >= 4 is 40.9 Å². The number of anilines is 2. The fraction of sp³-hybridized carbons (Fsp3) is 0.526. The van der Waals surface area contributed by atoms with Crippen molar-refractivity contribution in [1.82, 2.24) is 14.8 Å². The molecule has 162 valence electrons. The summed E-state index contributed by atoms with van der Waals surface area (Å²) in [6.07, 6.45) is 1.01. The zero-order chi connectivity index (χ0) is 21.3. The van der Waals surface area contributed by atoms with E-state index in [1.807, 2.05) is 0 Å². The summed E-state index contributed by atoms with van der Waals surface area (Å²) in [4.78, 5) is 14.6. The monoisotopic (exact) mass is 459 g/mol. The molecule has 2 aromatic rings. The van der Waals surface area contributed by atoms with Crippen molar-refractivity contribution in [3.63, 3.8) is 0 Å². The van der Waals surface area contributed by atoms with Gasteiger partial charge in [-0.25, -0.2) is 0 Å². The zero-order valence-corrected chi connectivity index (χ0v) is 17.7. The van der Waals surface area contributed by atoms with E-state index in [2.05, 4.69) is 25.0 Å². The second kappa shape index (κ2) is 8.66. The number of amides is 1. The number of nitrogens with one attached hydrogen (secondary N) is 1. The lowest BCUT2D eigenvalue weighted by Crippen LogP contribution is -2.32. The van der Waals surface area contributed by atoms with Crippen LogP contribution in [0.2, 0.25) is 5.02 Å². The maximum atomic E-state index is 13.0. The standard InChI is InChI=1S/C19H21ClF3N5OS/c20-15-7-4-12(10-14(15)19(21,22)23)24-16(29)11-30-18-26-25-17(28(18)13-5-6-13)27-8-2-1-3-9-27/h4,7,10,13H,1-3,5-6,8-9,11H2,(H,24,29). The highest BCUT2D eigenvalue weighted by Crippen LogP contribution is 2.41. The molecule has 0 spiro atoms. The van der Waals surface area contributed by atoms with E-state index >= 15 is 0 Å². The molecule has 1 saturated heterocycles. The van der Waals surface area contributed by atoms with E-state index in [4.69, 9.17) is 11.6 Å². The van der Waals surface area contributed by atoms with Gasteiger partial charge in [0.05, 0.1) is 16.3 Å². The number of piperidine rings is 1. The highest BCUT2D eigenvalue weighted by atomic mass is 35.5. The van der Waals surface area contributed by atoms with Gasteiger partial charge in [-0.05, 0) is 50.3 Å². The summed E-state index contributed by atoms with van der Waals surface area (Å²) in [5.74, 6) is 0.461. The molecular formula is C19H21ClF3N5OS. The van der Waals surface area contributed by atoms with Crippen LogP contribution >= 0.6 is 23.4 Å². The molecule has 30 heavy (non-hydrogen) atoms. The van der Waals surface area contributed by atoms with Gasteiger partial charge in [0.2, 0.25) is 11.9 Å². The Balaban J connectivity index is 1.42. The summed E-state index contributed by atoms with van der Waals surface area (Å²) in [6.45, 7) is 1.90. The predicted octanol–water partition coefficient (Wildman–Crippen LogP) is 5.01. The molecule has 6 nitrogen and oxygen atoms in total. The summed E-state index contributed by atoms with van der Waals surface area (Å²) in [7, 11) is 0. The zero-order valence-electron chi connectivity index (χ0n) is 16.1. The van der Waals surface area contributed by atoms with Gasteiger partial charge in [-0.3, -0.25) is 9.36 Å². The van der Waals surface area contributed by atoms with Gasteiger partial charge in [-0.15, -0.1) is 10.2 Å². The van der Waals surface area contributed by atoms with Crippen LogP contribution in [-0.2, 0) is 11.0 Å². The normalized spacial score (nSPS) is 17.3. The van der Waals surface area contributed by atoms with E-state index in [0.29, 0.717) is 11.2 Å². The fourth-order valence-corrected chi connectivity index (χ4v) is 4.50. The largest absolute Gasteiger partial charge is 0.417 e. The number of halogens is 4. The Morgan fingerprint density at radius 1 is 1.20 bits per heavy atom. The highest BCUT2D eigenvalue weighted by Gasteiger charge is 2.34. The fourth-order valence-electron chi connectivity index (χ4n) is 3.48. The van der Waals surface area contributed by atoms with Gasteiger partial charge < -0.3 is 10.2 Å². The van der Waals surface area contributed by atoms with Gasteiger partial charge in [-0.1, -0.05) is 23.4 Å². The van der Waals surface area contributed by atoms with Crippen LogP contribution in [-0.4, -0.2) is 39.5 Å². The van der Waals surface area contributed by atoms with Crippen LogP contribution in [0.3, 0.4) is 0 Å². The molecule has 0 atom stereocenters. The summed E-state index contributed by atoms with van der Waals surface area (Å²) < 4.78 is 41.1. The van der Waals surface area contributed by atoms with Crippen LogP contribution in [0.15, 0.2) is 23.4 Å². The molecular weight excluding hydrogens is 439 g/mol. The van der Waals surface area contributed by atoms with Crippen LogP contribution < -0.4 is 10.2 Å². The van der Waals surface area contributed by atoms with Gasteiger partial charge in [0.1, 0.15) is 0 Å². The molecule has 0 unspecified atom stereocenters. The topological polar surface area (TPSA) is 63.1 Å². The molecule has 1 aromatic heterocycles. The molecule has 0 bridgehead atoms. The number of alkyl halides is 3. The minimum atomic E-state index is -4.59. The quantitative estimate of drug-likeness (QED) is 0.615. The van der Waals surface area contributed by atoms with E-state index < -0.39 is 22.7 Å². The Kier molecular flexibility index (Phi) is 6.15. The van der Waals surface area contributed by atoms with E-state index in [-0.39, 0.29) is 11.4 Å². The molecule has 2 heterocycles. The lowest BCUT2D eigenvalue weighted by Gasteiger charge is -2.27. The number of nitrogens with zero attached hydrogens (tertiary/aromatic N) is 4. The number of rotatable bonds is 6. The molecule has 4 rings (SSSR count). The summed E-state index contributed by atoms with van der Waals surface area (Å²) in [5, 5.41) is 11.4. The number of hydrogen-bond acceptors (Lipinski definition) is 5. The summed E-state index contributed by atoms with van der Waals surface area (Å²) in [5.41, 5.74) is -0.927. The van der Waals surface area contributed by atoms with Gasteiger partial charge >= 0.3 is 6.18 Å². The average molecular weight is 460 g/mol. The van der Waals surface area contributed by atoms with E-state index in [9.17, 15) is 18.0 Å². The van der Waals surface area contributed by atoms with E-state index in [1.54, 1.807) is 0 Å². The molecule has 0 radical (unpaired) electrons. The van der Waals surface area contributed by atoms with Crippen molar-refractivity contribution in [2.45, 2.75) is 49.5 Å². The van der Waals surface area contributed by atoms with Crippen LogP contribution in [0.1, 0.15) is 43.7 Å². The minimum absolute atomic E-state index is 0.0226. The number of carbonyl (C=O) groups is 1. The van der Waals surface area contributed by atoms with Crippen LogP contribution in [0.4, 0.5) is 24.8 Å². The molecule has 1 N–H and O–H groups in total. The number of carbonyl (C=O) groups excluding carboxylic acids is 1. The molecule has 1 amide bonds. The van der Waals surface area contributed by atoms with Crippen LogP contribution in [0.5, 0.6) is 0 Å². The molecule has 2 fully saturated rings. The van der Waals surface area contributed by atoms with Gasteiger partial charge in [0.15, 0.2) is 5.16 Å². The first-order valence-corrected chi connectivity index (χ1v) is 11.2. The number of aromatic nitrogens is 3. The summed E-state index contributed by atoms with van der Waals surface area (Å²) >= 11 is 6.86. The van der Waals surface area contributed by atoms with Gasteiger partial charge in [-0.2, -0.15) is 13.2 Å². The van der Waals surface area contributed by atoms with Crippen molar-refractivity contribution in [1.29, 1.82) is 0 Å². The van der Waals surface area contributed by atoms with Crippen molar-refractivity contribution in [3.05, 3.63) is 28.8 Å². The first kappa shape index (κ1) is 21.3. The van der Waals surface area contributed by atoms with Gasteiger partial charge in [0, 0.05) is 24.8 Å².